The van der Waals surface area contributed by atoms with Gasteiger partial charge in [-0.2, -0.15) is 5.26 Å². The minimum Gasteiger partial charge on any atom is -0.497 e. The van der Waals surface area contributed by atoms with Gasteiger partial charge in [0.05, 0.1) is 24.5 Å². The van der Waals surface area contributed by atoms with Crippen LogP contribution < -0.4 is 10.1 Å². The summed E-state index contributed by atoms with van der Waals surface area (Å²) >= 11 is 1.29. The number of nitriles is 1. The highest BCUT2D eigenvalue weighted by Gasteiger charge is 2.17. The molecule has 0 unspecified atom stereocenters. The summed E-state index contributed by atoms with van der Waals surface area (Å²) in [6, 6.07) is 26.2. The van der Waals surface area contributed by atoms with Crippen molar-refractivity contribution >= 4 is 23.4 Å². The third-order valence-corrected chi connectivity index (χ3v) is 5.53. The Labute approximate surface area is 189 Å². The molecule has 1 heterocycles. The molecule has 1 amide bonds. The van der Waals surface area contributed by atoms with Gasteiger partial charge < -0.3 is 10.1 Å². The number of hydrogen-bond acceptors (Lipinski definition) is 6. The smallest absolute Gasteiger partial charge is 0.234 e. The number of methoxy groups -OCH3 is 1. The first kappa shape index (κ1) is 21.2. The lowest BCUT2D eigenvalue weighted by molar-refractivity contribution is -0.113. The van der Waals surface area contributed by atoms with E-state index in [0.29, 0.717) is 22.2 Å². The molecule has 0 fully saturated rings. The third kappa shape index (κ3) is 4.79. The van der Waals surface area contributed by atoms with Gasteiger partial charge >= 0.3 is 0 Å². The number of thioether (sulfide) groups is 1. The Morgan fingerprint density at radius 1 is 1.06 bits per heavy atom. The largest absolute Gasteiger partial charge is 0.497 e. The van der Waals surface area contributed by atoms with Crippen LogP contribution in [0.5, 0.6) is 5.75 Å². The van der Waals surface area contributed by atoms with Crippen molar-refractivity contribution in [3.8, 4) is 28.9 Å². The molecule has 0 saturated carbocycles. The molecule has 0 aliphatic carbocycles. The quantitative estimate of drug-likeness (QED) is 0.423. The number of hydrogen-bond donors (Lipinski definition) is 1. The molecule has 0 aliphatic heterocycles. The van der Waals surface area contributed by atoms with Crippen molar-refractivity contribution in [3.63, 3.8) is 0 Å². The van der Waals surface area contributed by atoms with E-state index in [1.165, 1.54) is 11.8 Å². The van der Waals surface area contributed by atoms with Crippen LogP contribution in [-0.2, 0) is 4.79 Å². The Hall–Kier alpha value is -4.09. The maximum atomic E-state index is 12.5. The second-order valence-corrected chi connectivity index (χ2v) is 7.68. The van der Waals surface area contributed by atoms with Crippen molar-refractivity contribution in [2.75, 3.05) is 18.2 Å². The maximum absolute atomic E-state index is 12.5. The van der Waals surface area contributed by atoms with Gasteiger partial charge in [0.15, 0.2) is 11.0 Å². The van der Waals surface area contributed by atoms with E-state index < -0.39 is 0 Å². The molecule has 32 heavy (non-hydrogen) atoms. The first-order valence-corrected chi connectivity index (χ1v) is 10.7. The zero-order chi connectivity index (χ0) is 22.3. The molecule has 4 rings (SSSR count). The molecule has 0 saturated heterocycles. The Morgan fingerprint density at radius 2 is 1.84 bits per heavy atom. The van der Waals surface area contributed by atoms with Gasteiger partial charge in [-0.05, 0) is 42.5 Å². The molecule has 0 atom stereocenters. The fourth-order valence-electron chi connectivity index (χ4n) is 3.10. The van der Waals surface area contributed by atoms with Crippen LogP contribution in [0.25, 0.3) is 17.1 Å². The van der Waals surface area contributed by atoms with E-state index in [1.807, 2.05) is 59.2 Å². The average Bonchev–Trinajstić information content (AvgIpc) is 3.27. The number of aromatic nitrogens is 3. The summed E-state index contributed by atoms with van der Waals surface area (Å²) in [5, 5.41) is 21.2. The Morgan fingerprint density at radius 3 is 2.56 bits per heavy atom. The minimum atomic E-state index is -0.198. The first-order valence-electron chi connectivity index (χ1n) is 9.76. The minimum absolute atomic E-state index is 0.139. The van der Waals surface area contributed by atoms with E-state index in [2.05, 4.69) is 21.6 Å². The summed E-state index contributed by atoms with van der Waals surface area (Å²) < 4.78 is 7.18. The summed E-state index contributed by atoms with van der Waals surface area (Å²) in [5.74, 6) is 1.37. The van der Waals surface area contributed by atoms with E-state index in [1.54, 1.807) is 31.4 Å². The molecule has 1 N–H and O–H groups in total. The number of anilines is 1. The average molecular weight is 442 g/mol. The predicted octanol–water partition coefficient (Wildman–Crippen LogP) is 4.55. The fourth-order valence-corrected chi connectivity index (χ4v) is 3.85. The molecule has 0 bridgehead atoms. The molecule has 0 radical (unpaired) electrons. The number of rotatable bonds is 7. The van der Waals surface area contributed by atoms with Crippen molar-refractivity contribution in [1.82, 2.24) is 14.8 Å². The molecule has 8 heteroatoms. The molecule has 4 aromatic rings. The van der Waals surface area contributed by atoms with E-state index in [0.717, 1.165) is 17.0 Å². The Kier molecular flexibility index (Phi) is 6.49. The summed E-state index contributed by atoms with van der Waals surface area (Å²) in [4.78, 5) is 12.5. The van der Waals surface area contributed by atoms with Crippen molar-refractivity contribution in [1.29, 1.82) is 5.26 Å². The van der Waals surface area contributed by atoms with Crippen molar-refractivity contribution < 1.29 is 9.53 Å². The van der Waals surface area contributed by atoms with E-state index >= 15 is 0 Å². The lowest BCUT2D eigenvalue weighted by Gasteiger charge is -2.11. The first-order chi connectivity index (χ1) is 15.7. The Balaban J connectivity index is 1.58. The summed E-state index contributed by atoms with van der Waals surface area (Å²) in [5.41, 5.74) is 2.85. The normalized spacial score (nSPS) is 10.4. The molecule has 1 aromatic heterocycles. The van der Waals surface area contributed by atoms with Gasteiger partial charge in [0, 0.05) is 16.9 Å². The molecular formula is C24H19N5O2S. The van der Waals surface area contributed by atoms with Crippen molar-refractivity contribution in [2.45, 2.75) is 5.16 Å². The van der Waals surface area contributed by atoms with Crippen LogP contribution in [0, 0.1) is 11.3 Å². The van der Waals surface area contributed by atoms with Gasteiger partial charge in [-0.3, -0.25) is 9.36 Å². The zero-order valence-electron chi connectivity index (χ0n) is 17.2. The van der Waals surface area contributed by atoms with Crippen LogP contribution >= 0.6 is 11.8 Å². The van der Waals surface area contributed by atoms with Crippen LogP contribution in [0.4, 0.5) is 5.69 Å². The lowest BCUT2D eigenvalue weighted by atomic mass is 10.2. The highest BCUT2D eigenvalue weighted by atomic mass is 32.2. The van der Waals surface area contributed by atoms with Crippen molar-refractivity contribution in [3.05, 3.63) is 84.4 Å². The molecule has 3 aromatic carbocycles. The molecule has 7 nitrogen and oxygen atoms in total. The van der Waals surface area contributed by atoms with Gasteiger partial charge in [0.1, 0.15) is 5.75 Å². The standard InChI is InChI=1S/C24H19N5O2S/c1-31-21-12-10-20(11-13-21)29-23(18-7-3-2-4-8-18)27-28-24(29)32-16-22(30)26-19-9-5-6-17(14-19)15-25/h2-14H,16H2,1H3,(H,26,30). The van der Waals surface area contributed by atoms with Crippen LogP contribution in [0.15, 0.2) is 84.0 Å². The predicted molar refractivity (Wildman–Crippen MR) is 124 cm³/mol. The number of nitrogens with one attached hydrogen (secondary N) is 1. The second kappa shape index (κ2) is 9.81. The summed E-state index contributed by atoms with van der Waals surface area (Å²) in [6.07, 6.45) is 0. The third-order valence-electron chi connectivity index (χ3n) is 4.60. The van der Waals surface area contributed by atoms with Crippen LogP contribution in [0.1, 0.15) is 5.56 Å². The number of benzene rings is 3. The van der Waals surface area contributed by atoms with Gasteiger partial charge in [-0.25, -0.2) is 0 Å². The zero-order valence-corrected chi connectivity index (χ0v) is 18.0. The summed E-state index contributed by atoms with van der Waals surface area (Å²) in [7, 11) is 1.62. The molecule has 0 aliphatic rings. The second-order valence-electron chi connectivity index (χ2n) is 6.74. The summed E-state index contributed by atoms with van der Waals surface area (Å²) in [6.45, 7) is 0. The number of carbonyl (C=O) groups is 1. The SMILES string of the molecule is COc1ccc(-n2c(SCC(=O)Nc3cccc(C#N)c3)nnc2-c2ccccc2)cc1. The maximum Gasteiger partial charge on any atom is 0.234 e. The number of ether oxygens (including phenoxy) is 1. The molecule has 158 valence electrons. The van der Waals surface area contributed by atoms with Gasteiger partial charge in [-0.1, -0.05) is 48.2 Å². The van der Waals surface area contributed by atoms with Crippen molar-refractivity contribution in [2.24, 2.45) is 0 Å². The van der Waals surface area contributed by atoms with E-state index in [4.69, 9.17) is 10.00 Å². The van der Waals surface area contributed by atoms with Crippen LogP contribution in [-0.4, -0.2) is 33.5 Å². The Bertz CT molecular complexity index is 1260. The van der Waals surface area contributed by atoms with E-state index in [-0.39, 0.29) is 11.7 Å². The monoisotopic (exact) mass is 441 g/mol. The molecule has 0 spiro atoms. The topological polar surface area (TPSA) is 92.8 Å². The lowest BCUT2D eigenvalue weighted by Crippen LogP contribution is -2.14. The number of carbonyl (C=O) groups excluding carboxylic acids is 1. The number of amides is 1. The fraction of sp³-hybridized carbons (Fsp3) is 0.0833. The number of nitrogens with zero attached hydrogens (tertiary/aromatic N) is 4. The van der Waals surface area contributed by atoms with Gasteiger partial charge in [-0.15, -0.1) is 10.2 Å². The van der Waals surface area contributed by atoms with Gasteiger partial charge in [0.2, 0.25) is 5.91 Å². The highest BCUT2D eigenvalue weighted by Crippen LogP contribution is 2.29. The highest BCUT2D eigenvalue weighted by molar-refractivity contribution is 7.99. The van der Waals surface area contributed by atoms with Crippen LogP contribution in [0.3, 0.4) is 0 Å². The van der Waals surface area contributed by atoms with Crippen LogP contribution in [0.2, 0.25) is 0 Å². The van der Waals surface area contributed by atoms with E-state index in [9.17, 15) is 4.79 Å². The molecular weight excluding hydrogens is 422 g/mol. The van der Waals surface area contributed by atoms with Gasteiger partial charge in [0.25, 0.3) is 0 Å².